The molecule has 0 unspecified atom stereocenters. The first-order valence-electron chi connectivity index (χ1n) is 10.0. The Kier molecular flexibility index (Phi) is 5.47. The molecule has 1 aromatic heterocycles. The van der Waals surface area contributed by atoms with Crippen LogP contribution in [0.15, 0.2) is 60.9 Å². The summed E-state index contributed by atoms with van der Waals surface area (Å²) >= 11 is 0. The molecule has 5 heteroatoms. The van der Waals surface area contributed by atoms with Crippen molar-refractivity contribution < 1.29 is 4.79 Å². The van der Waals surface area contributed by atoms with Gasteiger partial charge in [0.15, 0.2) is 0 Å². The minimum atomic E-state index is -0.170. The monoisotopic (exact) mass is 386 g/mol. The lowest BCUT2D eigenvalue weighted by atomic mass is 10.1. The number of hydrogen-bond acceptors (Lipinski definition) is 4. The second kappa shape index (κ2) is 8.35. The Hall–Kier alpha value is -3.34. The molecular weight excluding hydrogens is 360 g/mol. The fourth-order valence-corrected chi connectivity index (χ4v) is 3.72. The molecule has 0 atom stereocenters. The number of benzene rings is 2. The van der Waals surface area contributed by atoms with Crippen LogP contribution in [0.1, 0.15) is 34.3 Å². The molecule has 2 heterocycles. The number of aryl methyl sites for hydroxylation is 2. The third-order valence-corrected chi connectivity index (χ3v) is 5.35. The van der Waals surface area contributed by atoms with Crippen molar-refractivity contribution in [1.29, 1.82) is 0 Å². The molecule has 4 rings (SSSR count). The Morgan fingerprint density at radius 1 is 0.931 bits per heavy atom. The average molecular weight is 386 g/mol. The molecule has 2 N–H and O–H groups in total. The predicted molar refractivity (Wildman–Crippen MR) is 119 cm³/mol. The number of anilines is 4. The van der Waals surface area contributed by atoms with E-state index in [0.717, 1.165) is 41.3 Å². The molecule has 0 bridgehead atoms. The van der Waals surface area contributed by atoms with Crippen LogP contribution in [0, 0.1) is 13.8 Å². The van der Waals surface area contributed by atoms with Gasteiger partial charge in [0.1, 0.15) is 0 Å². The Morgan fingerprint density at radius 3 is 2.31 bits per heavy atom. The third kappa shape index (κ3) is 4.40. The first kappa shape index (κ1) is 19.0. The number of carbonyl (C=O) groups excluding carboxylic acids is 1. The highest BCUT2D eigenvalue weighted by molar-refractivity contribution is 6.04. The SMILES string of the molecule is Cc1cccc(C)c1Nc1cncc(C(=O)Nc2ccc(N3CCCC3)cc2)c1. The van der Waals surface area contributed by atoms with Crippen molar-refractivity contribution in [3.05, 3.63) is 77.6 Å². The molecule has 2 aromatic carbocycles. The van der Waals surface area contributed by atoms with Gasteiger partial charge in [-0.15, -0.1) is 0 Å². The van der Waals surface area contributed by atoms with Crippen molar-refractivity contribution >= 4 is 28.7 Å². The summed E-state index contributed by atoms with van der Waals surface area (Å²) in [6, 6.07) is 16.0. The van der Waals surface area contributed by atoms with Crippen LogP contribution >= 0.6 is 0 Å². The first-order chi connectivity index (χ1) is 14.1. The van der Waals surface area contributed by atoms with E-state index in [0.29, 0.717) is 5.56 Å². The largest absolute Gasteiger partial charge is 0.372 e. The molecule has 1 amide bonds. The highest BCUT2D eigenvalue weighted by Crippen LogP contribution is 2.25. The molecule has 0 aliphatic carbocycles. The predicted octanol–water partition coefficient (Wildman–Crippen LogP) is 5.29. The van der Waals surface area contributed by atoms with Crippen LogP contribution in [0.5, 0.6) is 0 Å². The average Bonchev–Trinajstić information content (AvgIpc) is 3.26. The molecule has 0 radical (unpaired) electrons. The molecule has 1 aliphatic heterocycles. The molecule has 1 aliphatic rings. The van der Waals surface area contributed by atoms with Crippen LogP contribution in [0.3, 0.4) is 0 Å². The van der Waals surface area contributed by atoms with Gasteiger partial charge < -0.3 is 15.5 Å². The number of nitrogens with one attached hydrogen (secondary N) is 2. The summed E-state index contributed by atoms with van der Waals surface area (Å²) in [6.45, 7) is 6.34. The summed E-state index contributed by atoms with van der Waals surface area (Å²) in [5, 5.41) is 6.35. The Balaban J connectivity index is 1.46. The molecule has 29 heavy (non-hydrogen) atoms. The maximum absolute atomic E-state index is 12.7. The summed E-state index contributed by atoms with van der Waals surface area (Å²) < 4.78 is 0. The van der Waals surface area contributed by atoms with Crippen LogP contribution in [-0.2, 0) is 0 Å². The van der Waals surface area contributed by atoms with Crippen molar-refractivity contribution in [2.75, 3.05) is 28.6 Å². The first-order valence-corrected chi connectivity index (χ1v) is 10.0. The molecule has 1 saturated heterocycles. The summed E-state index contributed by atoms with van der Waals surface area (Å²) in [5.74, 6) is -0.170. The van der Waals surface area contributed by atoms with Crippen molar-refractivity contribution in [2.24, 2.45) is 0 Å². The fraction of sp³-hybridized carbons (Fsp3) is 0.250. The lowest BCUT2D eigenvalue weighted by molar-refractivity contribution is 0.102. The van der Waals surface area contributed by atoms with E-state index >= 15 is 0 Å². The highest BCUT2D eigenvalue weighted by Gasteiger charge is 2.13. The van der Waals surface area contributed by atoms with Crippen LogP contribution in [0.25, 0.3) is 0 Å². The van der Waals surface area contributed by atoms with Crippen molar-refractivity contribution in [1.82, 2.24) is 4.98 Å². The number of carbonyl (C=O) groups is 1. The second-order valence-electron chi connectivity index (χ2n) is 7.55. The lowest BCUT2D eigenvalue weighted by Crippen LogP contribution is -2.17. The molecule has 0 saturated carbocycles. The van der Waals surface area contributed by atoms with E-state index in [9.17, 15) is 4.79 Å². The van der Waals surface area contributed by atoms with Gasteiger partial charge in [0, 0.05) is 36.3 Å². The van der Waals surface area contributed by atoms with Crippen LogP contribution in [0.4, 0.5) is 22.7 Å². The zero-order valence-corrected chi connectivity index (χ0v) is 16.9. The Morgan fingerprint density at radius 2 is 1.62 bits per heavy atom. The number of nitrogens with zero attached hydrogens (tertiary/aromatic N) is 2. The molecule has 1 fully saturated rings. The van der Waals surface area contributed by atoms with E-state index in [1.165, 1.54) is 18.5 Å². The van der Waals surface area contributed by atoms with E-state index in [2.05, 4.69) is 58.6 Å². The molecule has 5 nitrogen and oxygen atoms in total. The molecule has 3 aromatic rings. The van der Waals surface area contributed by atoms with Gasteiger partial charge in [-0.2, -0.15) is 0 Å². The van der Waals surface area contributed by atoms with Crippen LogP contribution in [-0.4, -0.2) is 24.0 Å². The molecular formula is C24H26N4O. The minimum Gasteiger partial charge on any atom is -0.372 e. The Labute approximate surface area is 171 Å². The third-order valence-electron chi connectivity index (χ3n) is 5.35. The van der Waals surface area contributed by atoms with Crippen molar-refractivity contribution in [3.63, 3.8) is 0 Å². The number of pyridine rings is 1. The van der Waals surface area contributed by atoms with Gasteiger partial charge in [-0.05, 0) is 68.1 Å². The summed E-state index contributed by atoms with van der Waals surface area (Å²) in [6.07, 6.45) is 5.81. The molecule has 148 valence electrons. The maximum atomic E-state index is 12.7. The number of amides is 1. The van der Waals surface area contributed by atoms with Crippen molar-refractivity contribution in [3.8, 4) is 0 Å². The van der Waals surface area contributed by atoms with E-state index < -0.39 is 0 Å². The van der Waals surface area contributed by atoms with E-state index in [1.807, 2.05) is 24.3 Å². The van der Waals surface area contributed by atoms with E-state index in [4.69, 9.17) is 0 Å². The van der Waals surface area contributed by atoms with Crippen molar-refractivity contribution in [2.45, 2.75) is 26.7 Å². The zero-order chi connectivity index (χ0) is 20.2. The van der Waals surface area contributed by atoms with Crippen LogP contribution in [0.2, 0.25) is 0 Å². The summed E-state index contributed by atoms with van der Waals surface area (Å²) in [5.41, 5.74) is 6.65. The number of hydrogen-bond donors (Lipinski definition) is 2. The molecule has 0 spiro atoms. The van der Waals surface area contributed by atoms with Gasteiger partial charge >= 0.3 is 0 Å². The number of para-hydroxylation sites is 1. The number of aromatic nitrogens is 1. The topological polar surface area (TPSA) is 57.3 Å². The van der Waals surface area contributed by atoms with Gasteiger partial charge in [-0.1, -0.05) is 18.2 Å². The maximum Gasteiger partial charge on any atom is 0.257 e. The van der Waals surface area contributed by atoms with E-state index in [-0.39, 0.29) is 5.91 Å². The standard InChI is InChI=1S/C24H26N4O/c1-17-6-5-7-18(2)23(17)26-21-14-19(15-25-16-21)24(29)27-20-8-10-22(11-9-20)28-12-3-4-13-28/h5-11,14-16,26H,3-4,12-13H2,1-2H3,(H,27,29). The second-order valence-corrected chi connectivity index (χ2v) is 7.55. The minimum absolute atomic E-state index is 0.170. The number of rotatable bonds is 5. The van der Waals surface area contributed by atoms with E-state index in [1.54, 1.807) is 12.4 Å². The van der Waals surface area contributed by atoms with Gasteiger partial charge in [0.25, 0.3) is 5.91 Å². The van der Waals surface area contributed by atoms with Gasteiger partial charge in [-0.3, -0.25) is 9.78 Å². The fourth-order valence-electron chi connectivity index (χ4n) is 3.72. The zero-order valence-electron chi connectivity index (χ0n) is 16.9. The van der Waals surface area contributed by atoms with Gasteiger partial charge in [0.05, 0.1) is 17.4 Å². The highest BCUT2D eigenvalue weighted by atomic mass is 16.1. The van der Waals surface area contributed by atoms with Crippen LogP contribution < -0.4 is 15.5 Å². The quantitative estimate of drug-likeness (QED) is 0.625. The van der Waals surface area contributed by atoms with Gasteiger partial charge in [-0.25, -0.2) is 0 Å². The summed E-state index contributed by atoms with van der Waals surface area (Å²) in [4.78, 5) is 19.3. The Bertz CT molecular complexity index is 987. The smallest absolute Gasteiger partial charge is 0.257 e. The van der Waals surface area contributed by atoms with Gasteiger partial charge in [0.2, 0.25) is 0 Å². The summed E-state index contributed by atoms with van der Waals surface area (Å²) in [7, 11) is 0. The lowest BCUT2D eigenvalue weighted by Gasteiger charge is -2.17. The normalized spacial score (nSPS) is 13.4.